The number of aryl methyl sites for hydroxylation is 2. The van der Waals surface area contributed by atoms with Gasteiger partial charge in [0.15, 0.2) is 10.9 Å². The van der Waals surface area contributed by atoms with Gasteiger partial charge in [-0.2, -0.15) is 0 Å². The Morgan fingerprint density at radius 3 is 1.79 bits per heavy atom. The maximum atomic E-state index is 13.7. The SMILES string of the molecule is CC.Cc1ccc2[nH]c3cc4c(=O)c5cc(C)ccc5n(Cc5cc(C(=O)O)cc(C(=O)O)c5)c4cc3c(=O)c2c1.OS. The van der Waals surface area contributed by atoms with E-state index in [9.17, 15) is 29.4 Å². The van der Waals surface area contributed by atoms with Crippen molar-refractivity contribution in [2.75, 3.05) is 0 Å². The zero-order valence-electron chi connectivity index (χ0n) is 23.9. The minimum absolute atomic E-state index is 0.0772. The van der Waals surface area contributed by atoms with Crippen molar-refractivity contribution in [1.82, 2.24) is 9.55 Å². The first-order valence-electron chi connectivity index (χ1n) is 13.4. The van der Waals surface area contributed by atoms with Gasteiger partial charge in [0.05, 0.1) is 27.7 Å². The minimum Gasteiger partial charge on any atom is -0.478 e. The summed E-state index contributed by atoms with van der Waals surface area (Å²) in [5.74, 6) is -2.49. The van der Waals surface area contributed by atoms with Gasteiger partial charge in [-0.15, -0.1) is 0 Å². The van der Waals surface area contributed by atoms with Gasteiger partial charge in [-0.3, -0.25) is 9.59 Å². The van der Waals surface area contributed by atoms with Crippen LogP contribution in [0.25, 0.3) is 43.6 Å². The zero-order valence-corrected chi connectivity index (χ0v) is 24.8. The first kappa shape index (κ1) is 31.0. The highest BCUT2D eigenvalue weighted by atomic mass is 32.1. The minimum atomic E-state index is -1.25. The summed E-state index contributed by atoms with van der Waals surface area (Å²) in [7, 11) is 0. The quantitative estimate of drug-likeness (QED) is 0.0869. The molecule has 0 fully saturated rings. The van der Waals surface area contributed by atoms with Crippen LogP contribution in [0, 0.1) is 13.8 Å². The fourth-order valence-corrected chi connectivity index (χ4v) is 5.25. The number of pyridine rings is 2. The van der Waals surface area contributed by atoms with Crippen molar-refractivity contribution in [2.24, 2.45) is 0 Å². The molecule has 0 unspecified atom stereocenters. The molecule has 4 aromatic carbocycles. The van der Waals surface area contributed by atoms with Crippen LogP contribution in [0.4, 0.5) is 0 Å². The van der Waals surface area contributed by atoms with E-state index in [1.165, 1.54) is 12.1 Å². The predicted octanol–water partition coefficient (Wildman–Crippen LogP) is 6.63. The van der Waals surface area contributed by atoms with Crippen LogP contribution in [0.1, 0.15) is 51.3 Å². The Labute approximate surface area is 251 Å². The Balaban J connectivity index is 0.00000102. The number of benzene rings is 4. The highest BCUT2D eigenvalue weighted by Gasteiger charge is 2.17. The number of thiol groups is 1. The highest BCUT2D eigenvalue weighted by molar-refractivity contribution is 7.74. The number of H-pyrrole nitrogens is 1. The lowest BCUT2D eigenvalue weighted by Crippen LogP contribution is -2.15. The van der Waals surface area contributed by atoms with Crippen LogP contribution in [-0.2, 0) is 6.54 Å². The first-order chi connectivity index (χ1) is 20.6. The van der Waals surface area contributed by atoms with Crippen LogP contribution in [-0.4, -0.2) is 36.3 Å². The van der Waals surface area contributed by atoms with Gasteiger partial charge in [0.1, 0.15) is 0 Å². The lowest BCUT2D eigenvalue weighted by atomic mass is 10.0. The van der Waals surface area contributed by atoms with Gasteiger partial charge in [-0.05, 0) is 86.9 Å². The molecule has 0 aliphatic rings. The van der Waals surface area contributed by atoms with Gasteiger partial charge in [0.25, 0.3) is 0 Å². The molecule has 0 amide bonds. The Kier molecular flexibility index (Phi) is 9.03. The second-order valence-corrected chi connectivity index (χ2v) is 9.88. The molecule has 0 aliphatic heterocycles. The molecule has 43 heavy (non-hydrogen) atoms. The molecule has 10 heteroatoms. The topological polar surface area (TPSA) is 150 Å². The van der Waals surface area contributed by atoms with Gasteiger partial charge in [-0.1, -0.05) is 37.1 Å². The molecule has 220 valence electrons. The number of carboxylic acid groups (broad SMARTS) is 2. The largest absolute Gasteiger partial charge is 0.478 e. The molecule has 0 spiro atoms. The highest BCUT2D eigenvalue weighted by Crippen LogP contribution is 2.26. The first-order valence-corrected chi connectivity index (χ1v) is 13.8. The van der Waals surface area contributed by atoms with Crippen molar-refractivity contribution in [1.29, 1.82) is 0 Å². The predicted molar refractivity (Wildman–Crippen MR) is 173 cm³/mol. The Bertz CT molecular complexity index is 2150. The number of fused-ring (bicyclic) bond motifs is 4. The second kappa shape index (κ2) is 12.5. The fraction of sp³-hybridized carbons (Fsp3) is 0.152. The average molecular weight is 599 g/mol. The average Bonchev–Trinajstić information content (AvgIpc) is 3.01. The van der Waals surface area contributed by atoms with Crippen molar-refractivity contribution >= 4 is 68.5 Å². The van der Waals surface area contributed by atoms with E-state index < -0.39 is 11.9 Å². The standard InChI is InChI=1S/C31H22N2O6.C2H6.H2OS/c1-15-3-5-24-20(7-15)28(34)21-13-27-23(12-25(21)32-24)29(35)22-8-16(2)4-6-26(22)33(27)14-17-9-18(30(36)37)11-19(10-17)31(38)39;2*1-2/h3-13H,14H2,1-2H3,(H,32,34)(H,36,37)(H,38,39);1-2H3;1-2H. The summed E-state index contributed by atoms with van der Waals surface area (Å²) in [5.41, 5.74) is 3.86. The fourth-order valence-electron chi connectivity index (χ4n) is 5.25. The number of hydrogen-bond acceptors (Lipinski definition) is 6. The van der Waals surface area contributed by atoms with Crippen LogP contribution in [0.2, 0.25) is 0 Å². The number of nitrogens with zero attached hydrogens (tertiary/aromatic N) is 1. The second-order valence-electron chi connectivity index (χ2n) is 9.88. The Morgan fingerprint density at radius 2 is 1.19 bits per heavy atom. The van der Waals surface area contributed by atoms with Crippen LogP contribution in [0.5, 0.6) is 0 Å². The summed E-state index contributed by atoms with van der Waals surface area (Å²) >= 11 is 2.53. The van der Waals surface area contributed by atoms with E-state index in [1.54, 1.807) is 18.2 Å². The van der Waals surface area contributed by atoms with E-state index in [0.29, 0.717) is 49.2 Å². The van der Waals surface area contributed by atoms with E-state index in [1.807, 2.05) is 62.6 Å². The molecule has 6 rings (SSSR count). The number of aromatic amines is 1. The molecule has 4 N–H and O–H groups in total. The monoisotopic (exact) mass is 598 g/mol. The van der Waals surface area contributed by atoms with Gasteiger partial charge >= 0.3 is 11.9 Å². The molecule has 0 bridgehead atoms. The number of carbonyl (C=O) groups is 2. The van der Waals surface area contributed by atoms with E-state index in [-0.39, 0.29) is 28.5 Å². The van der Waals surface area contributed by atoms with E-state index in [0.717, 1.165) is 17.2 Å². The number of aromatic nitrogens is 2. The van der Waals surface area contributed by atoms with E-state index >= 15 is 0 Å². The van der Waals surface area contributed by atoms with Crippen molar-refractivity contribution in [3.05, 3.63) is 115 Å². The van der Waals surface area contributed by atoms with Crippen molar-refractivity contribution < 1.29 is 24.4 Å². The van der Waals surface area contributed by atoms with E-state index in [4.69, 9.17) is 4.55 Å². The lowest BCUT2D eigenvalue weighted by molar-refractivity contribution is 0.0696. The third-order valence-corrected chi connectivity index (χ3v) is 7.12. The Hall–Kier alpha value is -4.93. The number of hydrogen-bond donors (Lipinski definition) is 5. The summed E-state index contributed by atoms with van der Waals surface area (Å²) in [6.45, 7) is 7.87. The molecule has 2 heterocycles. The van der Waals surface area contributed by atoms with Gasteiger partial charge < -0.3 is 24.3 Å². The molecule has 9 nitrogen and oxygen atoms in total. The molecule has 0 atom stereocenters. The lowest BCUT2D eigenvalue weighted by Gasteiger charge is -2.17. The third-order valence-electron chi connectivity index (χ3n) is 7.12. The van der Waals surface area contributed by atoms with Gasteiger partial charge in [-0.25, -0.2) is 9.59 Å². The normalized spacial score (nSPS) is 10.7. The molecular weight excluding hydrogens is 568 g/mol. The van der Waals surface area contributed by atoms with Crippen LogP contribution >= 0.6 is 12.9 Å². The molecule has 0 saturated heterocycles. The zero-order chi connectivity index (χ0) is 31.6. The summed E-state index contributed by atoms with van der Waals surface area (Å²) in [4.78, 5) is 54.0. The molecule has 0 aliphatic carbocycles. The number of nitrogens with one attached hydrogen (secondary N) is 1. The van der Waals surface area contributed by atoms with Crippen molar-refractivity contribution in [3.63, 3.8) is 0 Å². The molecule has 2 aromatic heterocycles. The van der Waals surface area contributed by atoms with Crippen LogP contribution in [0.3, 0.4) is 0 Å². The summed E-state index contributed by atoms with van der Waals surface area (Å²) in [6.07, 6.45) is 0. The van der Waals surface area contributed by atoms with Gasteiger partial charge in [0, 0.05) is 33.6 Å². The summed E-state index contributed by atoms with van der Waals surface area (Å²) < 4.78 is 8.53. The molecule has 0 saturated carbocycles. The summed E-state index contributed by atoms with van der Waals surface area (Å²) in [6, 6.07) is 18.4. The van der Waals surface area contributed by atoms with Crippen LogP contribution < -0.4 is 10.9 Å². The molecule has 0 radical (unpaired) electrons. The Morgan fingerprint density at radius 1 is 0.674 bits per heavy atom. The number of rotatable bonds is 4. The molecular formula is C33H30N2O7S. The smallest absolute Gasteiger partial charge is 0.335 e. The molecule has 6 aromatic rings. The van der Waals surface area contributed by atoms with E-state index in [2.05, 4.69) is 17.9 Å². The number of carboxylic acids is 2. The van der Waals surface area contributed by atoms with Crippen LogP contribution in [0.15, 0.2) is 76.3 Å². The van der Waals surface area contributed by atoms with Gasteiger partial charge in [0.2, 0.25) is 0 Å². The third kappa shape index (κ3) is 5.75. The summed E-state index contributed by atoms with van der Waals surface area (Å²) in [5, 5.41) is 20.9. The number of aromatic carboxylic acids is 2. The van der Waals surface area contributed by atoms with Crippen molar-refractivity contribution in [2.45, 2.75) is 34.2 Å². The van der Waals surface area contributed by atoms with Crippen molar-refractivity contribution in [3.8, 4) is 0 Å². The maximum absolute atomic E-state index is 13.7. The maximum Gasteiger partial charge on any atom is 0.335 e.